The smallest absolute Gasteiger partial charge is 0.158 e. The summed E-state index contributed by atoms with van der Waals surface area (Å²) in [7, 11) is 0. The van der Waals surface area contributed by atoms with Crippen molar-refractivity contribution >= 4 is 27.5 Å². The second-order valence-electron chi connectivity index (χ2n) is 2.92. The summed E-state index contributed by atoms with van der Waals surface area (Å²) in [4.78, 5) is 8.41. The minimum Gasteiger partial charge on any atom is -0.221 e. The molecule has 0 amide bonds. The molecule has 0 aliphatic carbocycles. The molecule has 4 nitrogen and oxygen atoms in total. The molecule has 0 atom stereocenters. The van der Waals surface area contributed by atoms with E-state index < -0.39 is 0 Å². The number of aromatic nitrogens is 4. The van der Waals surface area contributed by atoms with Gasteiger partial charge in [0.25, 0.3) is 0 Å². The molecule has 78 valence electrons. The van der Waals surface area contributed by atoms with E-state index in [2.05, 4.69) is 31.0 Å². The van der Waals surface area contributed by atoms with Crippen LogP contribution in [0.1, 0.15) is 12.7 Å². The van der Waals surface area contributed by atoms with E-state index in [-0.39, 0.29) is 0 Å². The first-order valence-corrected chi connectivity index (χ1v) is 5.60. The van der Waals surface area contributed by atoms with Gasteiger partial charge in [0.05, 0.1) is 10.7 Å². The van der Waals surface area contributed by atoms with Crippen molar-refractivity contribution in [1.82, 2.24) is 19.7 Å². The van der Waals surface area contributed by atoms with Gasteiger partial charge in [-0.05, 0) is 15.9 Å². The van der Waals surface area contributed by atoms with Crippen molar-refractivity contribution in [2.24, 2.45) is 0 Å². The highest BCUT2D eigenvalue weighted by Gasteiger charge is 2.04. The first kappa shape index (κ1) is 10.6. The van der Waals surface area contributed by atoms with Crippen molar-refractivity contribution in [3.05, 3.63) is 33.9 Å². The van der Waals surface area contributed by atoms with Crippen LogP contribution < -0.4 is 0 Å². The molecule has 2 rings (SSSR count). The number of nitrogens with zero attached hydrogens (tertiary/aromatic N) is 4. The maximum atomic E-state index is 5.88. The van der Waals surface area contributed by atoms with Gasteiger partial charge in [-0.25, -0.2) is 14.6 Å². The lowest BCUT2D eigenvalue weighted by Gasteiger charge is -2.02. The fourth-order valence-electron chi connectivity index (χ4n) is 1.15. The van der Waals surface area contributed by atoms with Gasteiger partial charge in [0.15, 0.2) is 5.82 Å². The first-order valence-electron chi connectivity index (χ1n) is 4.43. The van der Waals surface area contributed by atoms with Gasteiger partial charge >= 0.3 is 0 Å². The van der Waals surface area contributed by atoms with E-state index in [0.29, 0.717) is 16.8 Å². The molecule has 0 saturated carbocycles. The van der Waals surface area contributed by atoms with Crippen LogP contribution in [0.3, 0.4) is 0 Å². The third-order valence-corrected chi connectivity index (χ3v) is 2.43. The van der Waals surface area contributed by atoms with E-state index in [1.807, 2.05) is 13.1 Å². The topological polar surface area (TPSA) is 43.6 Å². The summed E-state index contributed by atoms with van der Waals surface area (Å²) in [5, 5.41) is 4.56. The minimum absolute atomic E-state index is 0.434. The second-order valence-corrected chi connectivity index (χ2v) is 4.22. The summed E-state index contributed by atoms with van der Waals surface area (Å²) in [6, 6.07) is 1.68. The van der Waals surface area contributed by atoms with Gasteiger partial charge in [0.1, 0.15) is 11.0 Å². The van der Waals surface area contributed by atoms with E-state index in [9.17, 15) is 0 Å². The van der Waals surface area contributed by atoms with Crippen molar-refractivity contribution in [2.75, 3.05) is 0 Å². The Morgan fingerprint density at radius 1 is 1.47 bits per heavy atom. The molecule has 6 heteroatoms. The fourth-order valence-corrected chi connectivity index (χ4v) is 1.63. The van der Waals surface area contributed by atoms with Crippen LogP contribution in [0.5, 0.6) is 0 Å². The molecule has 0 saturated heterocycles. The van der Waals surface area contributed by atoms with E-state index in [1.165, 1.54) is 0 Å². The normalized spacial score (nSPS) is 10.6. The van der Waals surface area contributed by atoms with Gasteiger partial charge in [-0.1, -0.05) is 18.5 Å². The molecular weight excluding hydrogens is 279 g/mol. The molecule has 0 fully saturated rings. The summed E-state index contributed by atoms with van der Waals surface area (Å²) >= 11 is 9.21. The average Bonchev–Trinajstić information content (AvgIpc) is 2.64. The monoisotopic (exact) mass is 286 g/mol. The quantitative estimate of drug-likeness (QED) is 0.798. The number of rotatable bonds is 2. The van der Waals surface area contributed by atoms with E-state index >= 15 is 0 Å². The predicted molar refractivity (Wildman–Crippen MR) is 61.2 cm³/mol. The first-order chi connectivity index (χ1) is 7.19. The Balaban J connectivity index is 2.48. The van der Waals surface area contributed by atoms with Gasteiger partial charge in [-0.15, -0.1) is 0 Å². The molecule has 0 spiro atoms. The Labute approximate surface area is 100 Å². The number of hydrogen-bond acceptors (Lipinski definition) is 3. The Morgan fingerprint density at radius 2 is 2.27 bits per heavy atom. The highest BCUT2D eigenvalue weighted by molar-refractivity contribution is 9.10. The fraction of sp³-hybridized carbons (Fsp3) is 0.222. The standard InChI is InChI=1S/C9H8BrClN4/c1-2-8-13-7(11)3-9(14-8)15-5-6(10)4-12-15/h3-5H,2H2,1H3. The third kappa shape index (κ3) is 2.35. The molecule has 0 radical (unpaired) electrons. The third-order valence-electron chi connectivity index (χ3n) is 1.83. The van der Waals surface area contributed by atoms with Crippen molar-refractivity contribution in [1.29, 1.82) is 0 Å². The highest BCUT2D eigenvalue weighted by Crippen LogP contribution is 2.14. The second kappa shape index (κ2) is 4.28. The maximum Gasteiger partial charge on any atom is 0.158 e. The zero-order valence-corrected chi connectivity index (χ0v) is 10.3. The lowest BCUT2D eigenvalue weighted by atomic mass is 10.4. The zero-order valence-electron chi connectivity index (χ0n) is 7.98. The molecule has 0 bridgehead atoms. The minimum atomic E-state index is 0.434. The zero-order chi connectivity index (χ0) is 10.8. The van der Waals surface area contributed by atoms with Crippen molar-refractivity contribution in [3.8, 4) is 5.82 Å². The SMILES string of the molecule is CCc1nc(Cl)cc(-n2cc(Br)cn2)n1. The van der Waals surface area contributed by atoms with E-state index in [0.717, 1.165) is 10.9 Å². The van der Waals surface area contributed by atoms with Gasteiger partial charge in [-0.2, -0.15) is 5.10 Å². The van der Waals surface area contributed by atoms with Crippen LogP contribution >= 0.6 is 27.5 Å². The summed E-state index contributed by atoms with van der Waals surface area (Å²) < 4.78 is 2.55. The Bertz CT molecular complexity index is 483. The summed E-state index contributed by atoms with van der Waals surface area (Å²) in [5.41, 5.74) is 0. The molecule has 0 aliphatic rings. The molecule has 0 unspecified atom stereocenters. The van der Waals surface area contributed by atoms with Gasteiger partial charge in [-0.3, -0.25) is 0 Å². The Hall–Kier alpha value is -0.940. The van der Waals surface area contributed by atoms with Crippen LogP contribution in [0.25, 0.3) is 5.82 Å². The molecule has 2 heterocycles. The molecule has 2 aromatic heterocycles. The van der Waals surface area contributed by atoms with Crippen molar-refractivity contribution in [2.45, 2.75) is 13.3 Å². The average molecular weight is 288 g/mol. The van der Waals surface area contributed by atoms with Crippen LogP contribution in [-0.4, -0.2) is 19.7 Å². The summed E-state index contributed by atoms with van der Waals surface area (Å²) in [5.74, 6) is 1.39. The Morgan fingerprint density at radius 3 is 2.87 bits per heavy atom. The van der Waals surface area contributed by atoms with Gasteiger partial charge < -0.3 is 0 Å². The van der Waals surface area contributed by atoms with Crippen LogP contribution in [0.2, 0.25) is 5.15 Å². The highest BCUT2D eigenvalue weighted by atomic mass is 79.9. The molecule has 0 N–H and O–H groups in total. The predicted octanol–water partition coefficient (Wildman–Crippen LogP) is 2.64. The summed E-state index contributed by atoms with van der Waals surface area (Å²) in [6.45, 7) is 1.98. The largest absolute Gasteiger partial charge is 0.221 e. The van der Waals surface area contributed by atoms with Gasteiger partial charge in [0.2, 0.25) is 0 Å². The van der Waals surface area contributed by atoms with Gasteiger partial charge in [0, 0.05) is 18.7 Å². The number of halogens is 2. The van der Waals surface area contributed by atoms with Crippen molar-refractivity contribution in [3.63, 3.8) is 0 Å². The van der Waals surface area contributed by atoms with E-state index in [1.54, 1.807) is 16.9 Å². The summed E-state index contributed by atoms with van der Waals surface area (Å²) in [6.07, 6.45) is 4.26. The number of aryl methyl sites for hydroxylation is 1. The molecule has 15 heavy (non-hydrogen) atoms. The number of hydrogen-bond donors (Lipinski definition) is 0. The van der Waals surface area contributed by atoms with Crippen LogP contribution in [0.4, 0.5) is 0 Å². The molecule has 2 aromatic rings. The molecular formula is C9H8BrClN4. The van der Waals surface area contributed by atoms with Crippen LogP contribution in [-0.2, 0) is 6.42 Å². The maximum absolute atomic E-state index is 5.88. The van der Waals surface area contributed by atoms with E-state index in [4.69, 9.17) is 11.6 Å². The Kier molecular flexibility index (Phi) is 3.02. The lowest BCUT2D eigenvalue weighted by molar-refractivity contribution is 0.813. The van der Waals surface area contributed by atoms with Crippen LogP contribution in [0.15, 0.2) is 22.9 Å². The lowest BCUT2D eigenvalue weighted by Crippen LogP contribution is -2.02. The van der Waals surface area contributed by atoms with Crippen molar-refractivity contribution < 1.29 is 0 Å². The molecule has 0 aliphatic heterocycles. The van der Waals surface area contributed by atoms with Crippen LogP contribution in [0, 0.1) is 0 Å². The molecule has 0 aromatic carbocycles.